The molecule has 3 heterocycles. The van der Waals surface area contributed by atoms with Crippen LogP contribution in [0.4, 0.5) is 21.8 Å². The molecular formula is C14H13ClFN7. The summed E-state index contributed by atoms with van der Waals surface area (Å²) in [6.07, 6.45) is 6.30. The van der Waals surface area contributed by atoms with Crippen LogP contribution >= 0.6 is 11.6 Å². The topological polar surface area (TPSA) is 80.5 Å². The number of halogens is 2. The van der Waals surface area contributed by atoms with E-state index in [4.69, 9.17) is 11.6 Å². The van der Waals surface area contributed by atoms with Gasteiger partial charge in [0.1, 0.15) is 5.02 Å². The van der Waals surface area contributed by atoms with Crippen LogP contribution in [-0.4, -0.2) is 24.7 Å². The van der Waals surface area contributed by atoms with Gasteiger partial charge >= 0.3 is 0 Å². The number of hydrogen-bond donors (Lipinski definition) is 2. The van der Waals surface area contributed by atoms with E-state index in [2.05, 4.69) is 30.7 Å². The summed E-state index contributed by atoms with van der Waals surface area (Å²) in [7, 11) is 1.81. The zero-order valence-corrected chi connectivity index (χ0v) is 12.9. The lowest BCUT2D eigenvalue weighted by Crippen LogP contribution is -2.06. The number of anilines is 3. The highest BCUT2D eigenvalue weighted by atomic mass is 35.5. The number of pyridine rings is 1. The van der Waals surface area contributed by atoms with Crippen molar-refractivity contribution in [3.8, 4) is 0 Å². The Balaban J connectivity index is 1.74. The van der Waals surface area contributed by atoms with Gasteiger partial charge in [0.05, 0.1) is 18.1 Å². The summed E-state index contributed by atoms with van der Waals surface area (Å²) in [4.78, 5) is 12.0. The Morgan fingerprint density at radius 3 is 2.91 bits per heavy atom. The van der Waals surface area contributed by atoms with Crippen LogP contribution in [0.2, 0.25) is 5.02 Å². The van der Waals surface area contributed by atoms with Crippen molar-refractivity contribution in [1.29, 1.82) is 0 Å². The molecule has 0 aliphatic rings. The first kappa shape index (κ1) is 15.2. The van der Waals surface area contributed by atoms with Gasteiger partial charge in [0, 0.05) is 31.5 Å². The molecule has 118 valence electrons. The van der Waals surface area contributed by atoms with Crippen LogP contribution in [0.15, 0.2) is 36.9 Å². The Kier molecular flexibility index (Phi) is 4.33. The molecule has 0 aromatic carbocycles. The van der Waals surface area contributed by atoms with Crippen molar-refractivity contribution in [3.05, 3.63) is 53.5 Å². The fraction of sp³-hybridized carbons (Fsp3) is 0.143. The van der Waals surface area contributed by atoms with E-state index in [0.29, 0.717) is 22.4 Å². The average Bonchev–Trinajstić information content (AvgIpc) is 2.94. The molecule has 0 saturated carbocycles. The molecule has 3 aromatic rings. The predicted molar refractivity (Wildman–Crippen MR) is 85.1 cm³/mol. The number of aryl methyl sites for hydroxylation is 1. The first-order chi connectivity index (χ1) is 11.1. The molecule has 9 heteroatoms. The Morgan fingerprint density at radius 2 is 2.17 bits per heavy atom. The quantitative estimate of drug-likeness (QED) is 0.699. The monoisotopic (exact) mass is 333 g/mol. The van der Waals surface area contributed by atoms with Gasteiger partial charge in [-0.2, -0.15) is 14.5 Å². The molecule has 0 aliphatic carbocycles. The van der Waals surface area contributed by atoms with Gasteiger partial charge < -0.3 is 10.6 Å². The molecular weight excluding hydrogens is 321 g/mol. The maximum Gasteiger partial charge on any atom is 0.229 e. The molecule has 0 fully saturated rings. The van der Waals surface area contributed by atoms with Crippen molar-refractivity contribution in [3.63, 3.8) is 0 Å². The molecule has 3 aromatic heterocycles. The third-order valence-corrected chi connectivity index (χ3v) is 3.26. The molecule has 7 nitrogen and oxygen atoms in total. The van der Waals surface area contributed by atoms with Crippen LogP contribution in [0.5, 0.6) is 0 Å². The van der Waals surface area contributed by atoms with Gasteiger partial charge in [-0.15, -0.1) is 0 Å². The minimum Gasteiger partial charge on any atom is -0.364 e. The lowest BCUT2D eigenvalue weighted by Gasteiger charge is -2.09. The highest BCUT2D eigenvalue weighted by Gasteiger charge is 2.08. The van der Waals surface area contributed by atoms with E-state index in [1.165, 1.54) is 12.4 Å². The fourth-order valence-electron chi connectivity index (χ4n) is 1.90. The average molecular weight is 334 g/mol. The summed E-state index contributed by atoms with van der Waals surface area (Å²) >= 11 is 6.07. The third-order valence-electron chi connectivity index (χ3n) is 2.99. The van der Waals surface area contributed by atoms with E-state index in [0.717, 1.165) is 5.69 Å². The van der Waals surface area contributed by atoms with Crippen LogP contribution in [0.1, 0.15) is 5.56 Å². The van der Waals surface area contributed by atoms with Crippen LogP contribution < -0.4 is 10.6 Å². The smallest absolute Gasteiger partial charge is 0.229 e. The van der Waals surface area contributed by atoms with Crippen molar-refractivity contribution in [1.82, 2.24) is 24.7 Å². The predicted octanol–water partition coefficient (Wildman–Crippen LogP) is 2.75. The lowest BCUT2D eigenvalue weighted by molar-refractivity contribution is 0.569. The number of aromatic nitrogens is 5. The molecule has 0 radical (unpaired) electrons. The van der Waals surface area contributed by atoms with Crippen molar-refractivity contribution in [2.75, 3.05) is 10.6 Å². The van der Waals surface area contributed by atoms with Gasteiger partial charge in [-0.3, -0.25) is 4.68 Å². The Hall–Kier alpha value is -2.74. The van der Waals surface area contributed by atoms with Crippen LogP contribution in [0.3, 0.4) is 0 Å². The second-order valence-electron chi connectivity index (χ2n) is 4.72. The second-order valence-corrected chi connectivity index (χ2v) is 5.13. The molecule has 0 aliphatic heterocycles. The second kappa shape index (κ2) is 6.57. The van der Waals surface area contributed by atoms with Crippen molar-refractivity contribution in [2.24, 2.45) is 7.05 Å². The van der Waals surface area contributed by atoms with Crippen LogP contribution in [-0.2, 0) is 13.6 Å². The zero-order valence-electron chi connectivity index (χ0n) is 12.2. The van der Waals surface area contributed by atoms with Gasteiger partial charge in [-0.25, -0.2) is 9.97 Å². The molecule has 0 spiro atoms. The first-order valence-corrected chi connectivity index (χ1v) is 7.11. The Labute approximate surface area is 136 Å². The van der Waals surface area contributed by atoms with Gasteiger partial charge in [0.15, 0.2) is 5.82 Å². The van der Waals surface area contributed by atoms with E-state index in [1.54, 1.807) is 29.2 Å². The zero-order chi connectivity index (χ0) is 16.2. The molecule has 0 saturated heterocycles. The summed E-state index contributed by atoms with van der Waals surface area (Å²) in [5.74, 6) is 0.228. The molecule has 0 atom stereocenters. The van der Waals surface area contributed by atoms with E-state index in [-0.39, 0.29) is 6.54 Å². The molecule has 0 bridgehead atoms. The summed E-state index contributed by atoms with van der Waals surface area (Å²) in [5, 5.41) is 10.4. The normalized spacial score (nSPS) is 10.6. The fourth-order valence-corrected chi connectivity index (χ4v) is 2.05. The van der Waals surface area contributed by atoms with Gasteiger partial charge in [0.2, 0.25) is 11.9 Å². The largest absolute Gasteiger partial charge is 0.364 e. The van der Waals surface area contributed by atoms with Crippen molar-refractivity contribution in [2.45, 2.75) is 6.54 Å². The van der Waals surface area contributed by atoms with Crippen molar-refractivity contribution < 1.29 is 4.39 Å². The highest BCUT2D eigenvalue weighted by Crippen LogP contribution is 2.22. The maximum absolute atomic E-state index is 13.5. The third kappa shape index (κ3) is 3.72. The molecule has 2 N–H and O–H groups in total. The van der Waals surface area contributed by atoms with Gasteiger partial charge in [-0.1, -0.05) is 17.7 Å². The maximum atomic E-state index is 13.5. The van der Waals surface area contributed by atoms with Crippen molar-refractivity contribution >= 4 is 29.1 Å². The summed E-state index contributed by atoms with van der Waals surface area (Å²) in [6.45, 7) is 0.211. The minimum absolute atomic E-state index is 0.211. The molecule has 0 unspecified atom stereocenters. The molecule has 23 heavy (non-hydrogen) atoms. The first-order valence-electron chi connectivity index (χ1n) is 6.73. The Bertz CT molecular complexity index is 820. The SMILES string of the molecule is Cn1cc(Nc2ncc(Cl)c(NCc3cccnc3F)n2)cn1. The number of hydrogen-bond acceptors (Lipinski definition) is 6. The Morgan fingerprint density at radius 1 is 1.30 bits per heavy atom. The summed E-state index contributed by atoms with van der Waals surface area (Å²) < 4.78 is 15.2. The van der Waals surface area contributed by atoms with E-state index < -0.39 is 5.95 Å². The summed E-state index contributed by atoms with van der Waals surface area (Å²) in [6, 6.07) is 3.30. The number of rotatable bonds is 5. The minimum atomic E-state index is -0.529. The molecule has 3 rings (SSSR count). The number of nitrogens with zero attached hydrogens (tertiary/aromatic N) is 5. The molecule has 0 amide bonds. The lowest BCUT2D eigenvalue weighted by atomic mass is 10.3. The van der Waals surface area contributed by atoms with E-state index >= 15 is 0 Å². The standard InChI is InChI=1S/C14H13ClFN7/c1-23-8-10(6-20-23)21-14-19-7-11(15)13(22-14)18-5-9-3-2-4-17-12(9)16/h2-4,6-8H,5H2,1H3,(H2,18,19,21,22). The van der Waals surface area contributed by atoms with E-state index in [9.17, 15) is 4.39 Å². The summed E-state index contributed by atoms with van der Waals surface area (Å²) in [5.41, 5.74) is 1.17. The van der Waals surface area contributed by atoms with E-state index in [1.807, 2.05) is 7.05 Å². The van der Waals surface area contributed by atoms with Crippen LogP contribution in [0.25, 0.3) is 0 Å². The van der Waals surface area contributed by atoms with Gasteiger partial charge in [0.25, 0.3) is 0 Å². The highest BCUT2D eigenvalue weighted by molar-refractivity contribution is 6.32. The van der Waals surface area contributed by atoms with Gasteiger partial charge in [-0.05, 0) is 6.07 Å². The number of nitrogens with one attached hydrogen (secondary N) is 2. The van der Waals surface area contributed by atoms with Crippen LogP contribution in [0, 0.1) is 5.95 Å².